The summed E-state index contributed by atoms with van der Waals surface area (Å²) in [6.45, 7) is 4.30. The Balaban J connectivity index is 1.45. The number of fused-ring (bicyclic) bond motifs is 1. The molecule has 1 N–H and O–H groups in total. The van der Waals surface area contributed by atoms with Gasteiger partial charge in [0.05, 0.1) is 17.2 Å². The summed E-state index contributed by atoms with van der Waals surface area (Å²) >= 11 is 0. The molecule has 168 valence electrons. The molecule has 0 radical (unpaired) electrons. The molecule has 2 amide bonds. The van der Waals surface area contributed by atoms with Crippen LogP contribution in [0, 0.1) is 11.3 Å². The van der Waals surface area contributed by atoms with E-state index in [1.807, 2.05) is 12.1 Å². The molecule has 1 saturated heterocycles. The number of nitriles is 1. The molecule has 0 bridgehead atoms. The third-order valence-electron chi connectivity index (χ3n) is 5.64. The second-order valence-electron chi connectivity index (χ2n) is 7.81. The molecule has 0 unspecified atom stereocenters. The van der Waals surface area contributed by atoms with Gasteiger partial charge in [-0.05, 0) is 29.8 Å². The Labute approximate surface area is 190 Å². The van der Waals surface area contributed by atoms with Gasteiger partial charge in [-0.25, -0.2) is 9.97 Å². The van der Waals surface area contributed by atoms with Crippen LogP contribution in [0.4, 0.5) is 5.69 Å². The summed E-state index contributed by atoms with van der Waals surface area (Å²) in [5, 5.41) is 12.0. The van der Waals surface area contributed by atoms with Gasteiger partial charge in [0.2, 0.25) is 11.8 Å². The van der Waals surface area contributed by atoms with Crippen molar-refractivity contribution in [1.29, 1.82) is 5.26 Å². The van der Waals surface area contributed by atoms with E-state index in [2.05, 4.69) is 20.2 Å². The van der Waals surface area contributed by atoms with Crippen LogP contribution in [0.15, 0.2) is 47.7 Å². The Hall–Kier alpha value is -4.26. The zero-order valence-electron chi connectivity index (χ0n) is 18.2. The second kappa shape index (κ2) is 9.48. The lowest BCUT2D eigenvalue weighted by Gasteiger charge is -2.35. The highest BCUT2D eigenvalue weighted by Gasteiger charge is 2.19. The number of amides is 2. The molecule has 0 atom stereocenters. The molecular weight excluding hydrogens is 422 g/mol. The first kappa shape index (κ1) is 22.0. The van der Waals surface area contributed by atoms with Gasteiger partial charge in [0.25, 0.3) is 5.56 Å². The number of hydrogen-bond acceptors (Lipinski definition) is 7. The molecular formula is C23H23N7O3. The molecule has 3 heterocycles. The Kier molecular flexibility index (Phi) is 6.31. The lowest BCUT2D eigenvalue weighted by molar-refractivity contribution is -0.129. The van der Waals surface area contributed by atoms with Crippen molar-refractivity contribution in [2.24, 2.45) is 0 Å². The van der Waals surface area contributed by atoms with Gasteiger partial charge in [0.15, 0.2) is 0 Å². The van der Waals surface area contributed by atoms with Crippen LogP contribution in [0.3, 0.4) is 0 Å². The van der Waals surface area contributed by atoms with Crippen molar-refractivity contribution in [2.75, 3.05) is 31.1 Å². The molecule has 1 aromatic carbocycles. The van der Waals surface area contributed by atoms with Crippen LogP contribution in [0.25, 0.3) is 10.9 Å². The largest absolute Gasteiger partial charge is 0.368 e. The first-order chi connectivity index (χ1) is 15.9. The van der Waals surface area contributed by atoms with Gasteiger partial charge in [-0.2, -0.15) is 5.26 Å². The fourth-order valence-electron chi connectivity index (χ4n) is 3.74. The van der Waals surface area contributed by atoms with E-state index in [1.54, 1.807) is 36.1 Å². The lowest BCUT2D eigenvalue weighted by atomic mass is 10.2. The van der Waals surface area contributed by atoms with E-state index >= 15 is 0 Å². The molecule has 2 aromatic heterocycles. The number of carbonyl (C=O) groups is 2. The number of aromatic nitrogens is 3. The van der Waals surface area contributed by atoms with Crippen molar-refractivity contribution in [3.63, 3.8) is 0 Å². The Bertz CT molecular complexity index is 1290. The van der Waals surface area contributed by atoms with Gasteiger partial charge in [0, 0.05) is 51.5 Å². The fourth-order valence-corrected chi connectivity index (χ4v) is 3.74. The molecule has 1 fully saturated rings. The van der Waals surface area contributed by atoms with E-state index < -0.39 is 0 Å². The average Bonchev–Trinajstić information content (AvgIpc) is 2.84. The first-order valence-electron chi connectivity index (χ1n) is 10.6. The molecule has 0 saturated carbocycles. The quantitative estimate of drug-likeness (QED) is 0.611. The Morgan fingerprint density at radius 2 is 1.91 bits per heavy atom. The van der Waals surface area contributed by atoms with E-state index in [4.69, 9.17) is 5.26 Å². The van der Waals surface area contributed by atoms with Crippen LogP contribution in [-0.2, 0) is 22.7 Å². The predicted molar refractivity (Wildman–Crippen MR) is 121 cm³/mol. The average molecular weight is 445 g/mol. The molecule has 1 aliphatic heterocycles. The zero-order chi connectivity index (χ0) is 23.4. The summed E-state index contributed by atoms with van der Waals surface area (Å²) in [5.41, 5.74) is 2.21. The number of benzene rings is 1. The van der Waals surface area contributed by atoms with Crippen LogP contribution in [0.1, 0.15) is 18.2 Å². The first-order valence-corrected chi connectivity index (χ1v) is 10.6. The maximum Gasteiger partial charge on any atom is 0.261 e. The van der Waals surface area contributed by atoms with E-state index in [0.29, 0.717) is 42.8 Å². The summed E-state index contributed by atoms with van der Waals surface area (Å²) in [7, 11) is 0. The Morgan fingerprint density at radius 3 is 2.58 bits per heavy atom. The second-order valence-corrected chi connectivity index (χ2v) is 7.81. The molecule has 1 aliphatic rings. The van der Waals surface area contributed by atoms with Crippen LogP contribution >= 0.6 is 0 Å². The zero-order valence-corrected chi connectivity index (χ0v) is 18.2. The maximum atomic E-state index is 13.0. The molecule has 10 heteroatoms. The van der Waals surface area contributed by atoms with Gasteiger partial charge < -0.3 is 15.1 Å². The molecule has 0 spiro atoms. The van der Waals surface area contributed by atoms with Gasteiger partial charge in [-0.3, -0.25) is 19.0 Å². The number of nitrogens with one attached hydrogen (secondary N) is 1. The van der Waals surface area contributed by atoms with Crippen LogP contribution in [-0.4, -0.2) is 57.4 Å². The molecule has 33 heavy (non-hydrogen) atoms. The summed E-state index contributed by atoms with van der Waals surface area (Å²) in [4.78, 5) is 49.2. The molecule has 4 rings (SSSR count). The minimum absolute atomic E-state index is 0.0639. The number of pyridine rings is 1. The van der Waals surface area contributed by atoms with Crippen LogP contribution < -0.4 is 15.8 Å². The highest BCUT2D eigenvalue weighted by molar-refractivity contribution is 5.82. The summed E-state index contributed by atoms with van der Waals surface area (Å²) in [6, 6.07) is 10.7. The highest BCUT2D eigenvalue weighted by Crippen LogP contribution is 2.20. The van der Waals surface area contributed by atoms with E-state index in [9.17, 15) is 14.4 Å². The summed E-state index contributed by atoms with van der Waals surface area (Å²) < 4.78 is 1.28. The topological polar surface area (TPSA) is 124 Å². The monoisotopic (exact) mass is 445 g/mol. The summed E-state index contributed by atoms with van der Waals surface area (Å²) in [6.07, 6.45) is 2.90. The third kappa shape index (κ3) is 4.98. The number of rotatable bonds is 5. The minimum Gasteiger partial charge on any atom is -0.368 e. The standard InChI is InChI=1S/C23H23N7O3/c1-16(31)28-6-8-29(9-7-28)19-4-5-21-20(10-19)23(33)30(15-27-21)14-22(32)26-13-17-2-3-18(11-24)25-12-17/h2-5,10,12,15H,6-9,13-14H2,1H3,(H,26,32). The van der Waals surface area contributed by atoms with Crippen molar-refractivity contribution in [3.05, 3.63) is 64.5 Å². The number of piperazine rings is 1. The number of nitrogens with zero attached hydrogens (tertiary/aromatic N) is 6. The van der Waals surface area contributed by atoms with E-state index in [1.165, 1.54) is 17.1 Å². The van der Waals surface area contributed by atoms with Crippen molar-refractivity contribution in [2.45, 2.75) is 20.0 Å². The third-order valence-corrected chi connectivity index (χ3v) is 5.64. The minimum atomic E-state index is -0.334. The SMILES string of the molecule is CC(=O)N1CCN(c2ccc3ncn(CC(=O)NCc4ccc(C#N)nc4)c(=O)c3c2)CC1. The fraction of sp³-hybridized carbons (Fsp3) is 0.304. The lowest BCUT2D eigenvalue weighted by Crippen LogP contribution is -2.48. The van der Waals surface area contributed by atoms with Crippen molar-refractivity contribution in [3.8, 4) is 6.07 Å². The molecule has 10 nitrogen and oxygen atoms in total. The van der Waals surface area contributed by atoms with Crippen molar-refractivity contribution in [1.82, 2.24) is 24.8 Å². The van der Waals surface area contributed by atoms with E-state index in [-0.39, 0.29) is 30.5 Å². The van der Waals surface area contributed by atoms with Crippen LogP contribution in [0.5, 0.6) is 0 Å². The summed E-state index contributed by atoms with van der Waals surface area (Å²) in [5.74, 6) is -0.270. The molecule has 0 aliphatic carbocycles. The van der Waals surface area contributed by atoms with Gasteiger partial charge in [0.1, 0.15) is 18.3 Å². The predicted octanol–water partition coefficient (Wildman–Crippen LogP) is 0.648. The number of anilines is 1. The normalized spacial score (nSPS) is 13.6. The van der Waals surface area contributed by atoms with Gasteiger partial charge in [-0.1, -0.05) is 6.07 Å². The number of carbonyl (C=O) groups excluding carboxylic acids is 2. The molecule has 3 aromatic rings. The van der Waals surface area contributed by atoms with E-state index in [0.717, 1.165) is 11.3 Å². The van der Waals surface area contributed by atoms with Gasteiger partial charge >= 0.3 is 0 Å². The van der Waals surface area contributed by atoms with Gasteiger partial charge in [-0.15, -0.1) is 0 Å². The van der Waals surface area contributed by atoms with Crippen LogP contribution in [0.2, 0.25) is 0 Å². The number of hydrogen-bond donors (Lipinski definition) is 1. The smallest absolute Gasteiger partial charge is 0.261 e. The maximum absolute atomic E-state index is 13.0. The highest BCUT2D eigenvalue weighted by atomic mass is 16.2. The van der Waals surface area contributed by atoms with Crippen molar-refractivity contribution >= 4 is 28.4 Å². The van der Waals surface area contributed by atoms with Crippen molar-refractivity contribution < 1.29 is 9.59 Å². The Morgan fingerprint density at radius 1 is 1.12 bits per heavy atom.